The number of hydrogen-bond acceptors (Lipinski definition) is 5. The van der Waals surface area contributed by atoms with Gasteiger partial charge in [-0.2, -0.15) is 4.98 Å². The first-order valence-electron chi connectivity index (χ1n) is 7.09. The van der Waals surface area contributed by atoms with E-state index in [0.29, 0.717) is 5.56 Å². The predicted octanol–water partition coefficient (Wildman–Crippen LogP) is 3.96. The first-order chi connectivity index (χ1) is 12.3. The number of hydrogen-bond donors (Lipinski definition) is 2. The number of carbonyl (C=O) groups excluding carboxylic acids is 1. The monoisotopic (exact) mass is 399 g/mol. The van der Waals surface area contributed by atoms with Crippen LogP contribution in [0.5, 0.6) is 5.75 Å². The Balaban J connectivity index is 1.75. The lowest BCUT2D eigenvalue weighted by Crippen LogP contribution is -2.24. The van der Waals surface area contributed by atoms with Crippen molar-refractivity contribution in [3.8, 4) is 17.2 Å². The lowest BCUT2D eigenvalue weighted by molar-refractivity contribution is 0.0937. The second-order valence-corrected chi connectivity index (χ2v) is 5.94. The molecule has 0 saturated carbocycles. The number of aromatic nitrogens is 2. The molecule has 1 amide bonds. The Labute approximate surface area is 155 Å². The van der Waals surface area contributed by atoms with E-state index in [0.717, 1.165) is 18.2 Å². The van der Waals surface area contributed by atoms with Crippen LogP contribution in [0.2, 0.25) is 10.0 Å². The minimum Gasteiger partial charge on any atom is -0.505 e. The summed E-state index contributed by atoms with van der Waals surface area (Å²) in [5.74, 6) is -2.72. The van der Waals surface area contributed by atoms with Gasteiger partial charge in [0.15, 0.2) is 5.75 Å². The highest BCUT2D eigenvalue weighted by Crippen LogP contribution is 2.35. The number of nitrogens with zero attached hydrogens (tertiary/aromatic N) is 2. The van der Waals surface area contributed by atoms with Crippen molar-refractivity contribution in [2.24, 2.45) is 0 Å². The van der Waals surface area contributed by atoms with Crippen molar-refractivity contribution in [2.75, 3.05) is 0 Å². The molecule has 0 spiro atoms. The number of aromatic hydroxyl groups is 1. The van der Waals surface area contributed by atoms with Gasteiger partial charge in [0.1, 0.15) is 11.6 Å². The Morgan fingerprint density at radius 2 is 1.88 bits per heavy atom. The third-order valence-corrected chi connectivity index (χ3v) is 3.92. The summed E-state index contributed by atoms with van der Waals surface area (Å²) in [4.78, 5) is 15.9. The largest absolute Gasteiger partial charge is 0.505 e. The second-order valence-electron chi connectivity index (χ2n) is 5.13. The number of phenolic OH excluding ortho intramolecular Hbond substituents is 1. The normalized spacial score (nSPS) is 10.8. The number of amides is 1. The van der Waals surface area contributed by atoms with E-state index in [4.69, 9.17) is 27.7 Å². The van der Waals surface area contributed by atoms with Crippen molar-refractivity contribution >= 4 is 29.1 Å². The molecule has 0 saturated heterocycles. The Bertz CT molecular complexity index is 972. The van der Waals surface area contributed by atoms with Crippen molar-refractivity contribution < 1.29 is 23.2 Å². The summed E-state index contributed by atoms with van der Waals surface area (Å²) in [5.41, 5.74) is 0.264. The minimum atomic E-state index is -0.750. The zero-order valence-corrected chi connectivity index (χ0v) is 14.3. The molecule has 134 valence electrons. The van der Waals surface area contributed by atoms with Crippen LogP contribution in [-0.4, -0.2) is 21.2 Å². The molecule has 1 aromatic heterocycles. The fourth-order valence-electron chi connectivity index (χ4n) is 2.06. The van der Waals surface area contributed by atoms with Gasteiger partial charge < -0.3 is 14.9 Å². The molecule has 0 atom stereocenters. The zero-order chi connectivity index (χ0) is 18.8. The molecule has 0 bridgehead atoms. The molecule has 0 aliphatic heterocycles. The van der Waals surface area contributed by atoms with Crippen molar-refractivity contribution in [2.45, 2.75) is 6.54 Å². The van der Waals surface area contributed by atoms with Gasteiger partial charge in [-0.05, 0) is 30.3 Å². The highest BCUT2D eigenvalue weighted by Gasteiger charge is 2.18. The molecule has 1 heterocycles. The quantitative estimate of drug-likeness (QED) is 0.692. The molecule has 0 aliphatic rings. The maximum Gasteiger partial charge on any atom is 0.292 e. The third-order valence-electron chi connectivity index (χ3n) is 3.34. The van der Waals surface area contributed by atoms with Gasteiger partial charge in [-0.15, -0.1) is 0 Å². The first kappa shape index (κ1) is 18.1. The van der Waals surface area contributed by atoms with E-state index in [1.807, 2.05) is 0 Å². The number of rotatable bonds is 4. The van der Waals surface area contributed by atoms with E-state index >= 15 is 0 Å². The maximum absolute atomic E-state index is 13.5. The summed E-state index contributed by atoms with van der Waals surface area (Å²) in [5, 5.41) is 15.3. The molecule has 3 aromatic rings. The molecular formula is C16H9Cl2F2N3O3. The lowest BCUT2D eigenvalue weighted by atomic mass is 10.2. The molecule has 10 heteroatoms. The summed E-state index contributed by atoms with van der Waals surface area (Å²) in [6.45, 7) is -0.261. The molecule has 0 aliphatic carbocycles. The van der Waals surface area contributed by atoms with Crippen LogP contribution < -0.4 is 5.32 Å². The Kier molecular flexibility index (Phi) is 5.06. The topological polar surface area (TPSA) is 88.2 Å². The Morgan fingerprint density at radius 3 is 2.58 bits per heavy atom. The van der Waals surface area contributed by atoms with Crippen LogP contribution in [0, 0.1) is 11.6 Å². The summed E-state index contributed by atoms with van der Waals surface area (Å²) >= 11 is 11.6. The van der Waals surface area contributed by atoms with Crippen LogP contribution in [0.4, 0.5) is 8.78 Å². The van der Waals surface area contributed by atoms with E-state index in [1.165, 1.54) is 12.1 Å². The van der Waals surface area contributed by atoms with E-state index in [1.54, 1.807) is 0 Å². The number of nitrogens with one attached hydrogen (secondary N) is 1. The summed E-state index contributed by atoms with van der Waals surface area (Å²) in [6.07, 6.45) is 0. The van der Waals surface area contributed by atoms with E-state index in [2.05, 4.69) is 15.5 Å². The maximum atomic E-state index is 13.5. The minimum absolute atomic E-state index is 0.0285. The van der Waals surface area contributed by atoms with Crippen molar-refractivity contribution in [3.05, 3.63) is 63.4 Å². The smallest absolute Gasteiger partial charge is 0.292 e. The highest BCUT2D eigenvalue weighted by atomic mass is 35.5. The number of phenols is 1. The van der Waals surface area contributed by atoms with Gasteiger partial charge in [-0.3, -0.25) is 4.79 Å². The van der Waals surface area contributed by atoms with Crippen LogP contribution in [0.3, 0.4) is 0 Å². The molecule has 2 aromatic carbocycles. The summed E-state index contributed by atoms with van der Waals surface area (Å²) in [7, 11) is 0. The van der Waals surface area contributed by atoms with Gasteiger partial charge in [0.2, 0.25) is 0 Å². The molecule has 0 fully saturated rings. The van der Waals surface area contributed by atoms with E-state index < -0.39 is 17.5 Å². The predicted molar refractivity (Wildman–Crippen MR) is 88.9 cm³/mol. The van der Waals surface area contributed by atoms with Crippen LogP contribution in [0.1, 0.15) is 16.2 Å². The first-order valence-corrected chi connectivity index (χ1v) is 7.85. The lowest BCUT2D eigenvalue weighted by Gasteiger charge is -2.04. The SMILES string of the molecule is O=C(NCc1cc(F)ccc1F)c1noc(-c2cc(Cl)c(O)c(Cl)c2)n1. The Hall–Kier alpha value is -2.71. The van der Waals surface area contributed by atoms with Crippen LogP contribution in [0.15, 0.2) is 34.9 Å². The standard InChI is InChI=1S/C16H9Cl2F2N3O3/c17-10-4-7(5-11(18)13(10)24)16-22-14(23-26-16)15(25)21-6-8-3-9(19)1-2-12(8)20/h1-5,24H,6H2,(H,21,25). The number of benzene rings is 2. The van der Waals surface area contributed by atoms with Gasteiger partial charge in [0.05, 0.1) is 10.0 Å². The average Bonchev–Trinajstić information content (AvgIpc) is 3.10. The molecule has 0 unspecified atom stereocenters. The molecule has 6 nitrogen and oxygen atoms in total. The fraction of sp³-hybridized carbons (Fsp3) is 0.0625. The third kappa shape index (κ3) is 3.76. The second kappa shape index (κ2) is 7.27. The van der Waals surface area contributed by atoms with E-state index in [-0.39, 0.29) is 39.6 Å². The Morgan fingerprint density at radius 1 is 1.19 bits per heavy atom. The summed E-state index contributed by atoms with van der Waals surface area (Å²) in [6, 6.07) is 5.57. The number of carbonyl (C=O) groups is 1. The van der Waals surface area contributed by atoms with E-state index in [9.17, 15) is 18.7 Å². The zero-order valence-electron chi connectivity index (χ0n) is 12.8. The fourth-order valence-corrected chi connectivity index (χ4v) is 2.54. The molecule has 3 rings (SSSR count). The van der Waals surface area contributed by atoms with Gasteiger partial charge in [-0.1, -0.05) is 28.4 Å². The highest BCUT2D eigenvalue weighted by molar-refractivity contribution is 6.37. The molecule has 2 N–H and O–H groups in total. The van der Waals surface area contributed by atoms with Crippen molar-refractivity contribution in [1.82, 2.24) is 15.5 Å². The van der Waals surface area contributed by atoms with Gasteiger partial charge in [0, 0.05) is 17.7 Å². The number of halogens is 4. The van der Waals surface area contributed by atoms with Crippen molar-refractivity contribution in [1.29, 1.82) is 0 Å². The van der Waals surface area contributed by atoms with Crippen LogP contribution in [-0.2, 0) is 6.54 Å². The van der Waals surface area contributed by atoms with Gasteiger partial charge in [-0.25, -0.2) is 8.78 Å². The van der Waals surface area contributed by atoms with Gasteiger partial charge in [0.25, 0.3) is 17.6 Å². The summed E-state index contributed by atoms with van der Waals surface area (Å²) < 4.78 is 31.6. The van der Waals surface area contributed by atoms with Crippen LogP contribution in [0.25, 0.3) is 11.5 Å². The van der Waals surface area contributed by atoms with Crippen molar-refractivity contribution in [3.63, 3.8) is 0 Å². The van der Waals surface area contributed by atoms with Crippen LogP contribution >= 0.6 is 23.2 Å². The molecule has 0 radical (unpaired) electrons. The average molecular weight is 400 g/mol. The molecule has 26 heavy (non-hydrogen) atoms. The molecular weight excluding hydrogens is 391 g/mol. The van der Waals surface area contributed by atoms with Gasteiger partial charge >= 0.3 is 0 Å².